The van der Waals surface area contributed by atoms with E-state index in [1.807, 2.05) is 67.1 Å². The average molecular weight is 886 g/mol. The van der Waals surface area contributed by atoms with Crippen molar-refractivity contribution in [2.24, 2.45) is 0 Å². The number of hydrogen-bond donors (Lipinski definition) is 0. The molecule has 0 aliphatic rings. The zero-order chi connectivity index (χ0) is 46.9. The molecular formula is C64H47N5. The van der Waals surface area contributed by atoms with Crippen LogP contribution in [0.15, 0.2) is 219 Å². The van der Waals surface area contributed by atoms with Crippen molar-refractivity contribution in [1.29, 1.82) is 10.5 Å². The van der Waals surface area contributed by atoms with Crippen molar-refractivity contribution >= 4 is 0 Å². The van der Waals surface area contributed by atoms with Gasteiger partial charge in [0.15, 0.2) is 0 Å². The van der Waals surface area contributed by atoms with Gasteiger partial charge in [0.25, 0.3) is 0 Å². The Hall–Kier alpha value is -9.03. The molecule has 0 unspecified atom stereocenters. The van der Waals surface area contributed by atoms with Crippen LogP contribution in [0.2, 0.25) is 0 Å². The molecule has 5 heteroatoms. The number of benzene rings is 7. The minimum atomic E-state index is 0.461. The molecule has 0 saturated heterocycles. The summed E-state index contributed by atoms with van der Waals surface area (Å²) in [4.78, 5) is 13.9. The van der Waals surface area contributed by atoms with Gasteiger partial charge in [0, 0.05) is 35.3 Å². The molecule has 0 saturated carbocycles. The van der Waals surface area contributed by atoms with Crippen molar-refractivity contribution in [3.05, 3.63) is 258 Å². The van der Waals surface area contributed by atoms with Gasteiger partial charge in [0.1, 0.15) is 0 Å². The molecule has 3 aromatic heterocycles. The Morgan fingerprint density at radius 3 is 1.36 bits per heavy atom. The lowest BCUT2D eigenvalue weighted by atomic mass is 9.86. The maximum Gasteiger partial charge on any atom is 0.0992 e. The van der Waals surface area contributed by atoms with Crippen LogP contribution in [0.5, 0.6) is 0 Å². The molecule has 0 bridgehead atoms. The number of aromatic nitrogens is 3. The second-order valence-corrected chi connectivity index (χ2v) is 17.5. The van der Waals surface area contributed by atoms with Crippen LogP contribution >= 0.6 is 0 Å². The molecule has 328 valence electrons. The summed E-state index contributed by atoms with van der Waals surface area (Å²) in [5.74, 6) is 0. The van der Waals surface area contributed by atoms with Crippen LogP contribution in [0.4, 0.5) is 0 Å². The highest BCUT2D eigenvalue weighted by atomic mass is 14.7. The number of hydrogen-bond acceptors (Lipinski definition) is 5. The summed E-state index contributed by atoms with van der Waals surface area (Å²) in [6.07, 6.45) is 9.21. The zero-order valence-electron chi connectivity index (χ0n) is 38.3. The van der Waals surface area contributed by atoms with E-state index < -0.39 is 0 Å². The SMILES string of the molecule is Cc1ccc(-c2ccc(-c3ccccc3-c3cc(CCc4ccc(-c5ccccn5)cc4)cc(CCc4ccc(-c5ccccn5)cc4)c3)c(-c3ccc(-c4cc(C#N)cc(C#N)c4)cc3)c2)nc1. The van der Waals surface area contributed by atoms with Gasteiger partial charge in [-0.05, 0) is 160 Å². The minimum absolute atomic E-state index is 0.461. The predicted octanol–water partition coefficient (Wildman–Crippen LogP) is 15.2. The van der Waals surface area contributed by atoms with Crippen molar-refractivity contribution in [1.82, 2.24) is 15.0 Å². The van der Waals surface area contributed by atoms with Crippen molar-refractivity contribution in [2.75, 3.05) is 0 Å². The summed E-state index contributed by atoms with van der Waals surface area (Å²) < 4.78 is 0. The summed E-state index contributed by atoms with van der Waals surface area (Å²) in [7, 11) is 0. The van der Waals surface area contributed by atoms with Crippen LogP contribution in [0, 0.1) is 29.6 Å². The Kier molecular flexibility index (Phi) is 12.9. The smallest absolute Gasteiger partial charge is 0.0992 e. The van der Waals surface area contributed by atoms with Crippen LogP contribution in [0.3, 0.4) is 0 Å². The molecule has 0 N–H and O–H groups in total. The lowest BCUT2D eigenvalue weighted by Crippen LogP contribution is -1.98. The second-order valence-electron chi connectivity index (χ2n) is 17.5. The van der Waals surface area contributed by atoms with E-state index in [0.29, 0.717) is 11.1 Å². The summed E-state index contributed by atoms with van der Waals surface area (Å²) in [5.41, 5.74) is 21.8. The van der Waals surface area contributed by atoms with E-state index in [0.717, 1.165) is 104 Å². The molecule has 5 nitrogen and oxygen atoms in total. The molecule has 7 aromatic carbocycles. The third-order valence-corrected chi connectivity index (χ3v) is 12.8. The Morgan fingerprint density at radius 1 is 0.333 bits per heavy atom. The number of nitrogens with zero attached hydrogens (tertiary/aromatic N) is 5. The van der Waals surface area contributed by atoms with E-state index in [-0.39, 0.29) is 0 Å². The zero-order valence-corrected chi connectivity index (χ0v) is 38.3. The van der Waals surface area contributed by atoms with Crippen molar-refractivity contribution < 1.29 is 0 Å². The van der Waals surface area contributed by atoms with E-state index >= 15 is 0 Å². The normalized spacial score (nSPS) is 10.9. The van der Waals surface area contributed by atoms with Crippen LogP contribution in [0.25, 0.3) is 78.3 Å². The predicted molar refractivity (Wildman–Crippen MR) is 280 cm³/mol. The third-order valence-electron chi connectivity index (χ3n) is 12.8. The lowest BCUT2D eigenvalue weighted by Gasteiger charge is -2.18. The molecule has 0 aliphatic heterocycles. The fourth-order valence-corrected chi connectivity index (χ4v) is 9.09. The molecular weight excluding hydrogens is 839 g/mol. The quantitative estimate of drug-likeness (QED) is 0.115. The highest BCUT2D eigenvalue weighted by Crippen LogP contribution is 2.41. The first-order valence-corrected chi connectivity index (χ1v) is 23.3. The third kappa shape index (κ3) is 10.2. The van der Waals surface area contributed by atoms with Crippen LogP contribution in [0.1, 0.15) is 38.9 Å². The molecule has 0 aliphatic carbocycles. The van der Waals surface area contributed by atoms with Crippen LogP contribution in [-0.2, 0) is 25.7 Å². The molecule has 0 radical (unpaired) electrons. The summed E-state index contributed by atoms with van der Waals surface area (Å²) in [6, 6.07) is 74.6. The topological polar surface area (TPSA) is 86.2 Å². The first kappa shape index (κ1) is 43.8. The first-order valence-electron chi connectivity index (χ1n) is 23.3. The number of aryl methyl sites for hydroxylation is 5. The monoisotopic (exact) mass is 885 g/mol. The van der Waals surface area contributed by atoms with Crippen molar-refractivity contribution in [2.45, 2.75) is 32.6 Å². The van der Waals surface area contributed by atoms with Gasteiger partial charge in [-0.2, -0.15) is 10.5 Å². The molecule has 69 heavy (non-hydrogen) atoms. The van der Waals surface area contributed by atoms with E-state index in [4.69, 9.17) is 4.98 Å². The van der Waals surface area contributed by atoms with E-state index in [1.54, 1.807) is 6.07 Å². The fourth-order valence-electron chi connectivity index (χ4n) is 9.09. The van der Waals surface area contributed by atoms with Crippen molar-refractivity contribution in [3.8, 4) is 90.4 Å². The second kappa shape index (κ2) is 20.2. The number of nitriles is 2. The molecule has 0 spiro atoms. The molecule has 10 rings (SSSR count). The lowest BCUT2D eigenvalue weighted by molar-refractivity contribution is 0.931. The highest BCUT2D eigenvalue weighted by molar-refractivity contribution is 5.94. The van der Waals surface area contributed by atoms with Gasteiger partial charge >= 0.3 is 0 Å². The van der Waals surface area contributed by atoms with Gasteiger partial charge in [-0.1, -0.05) is 146 Å². The largest absolute Gasteiger partial charge is 0.256 e. The molecule has 3 heterocycles. The Balaban J connectivity index is 1.02. The Bertz CT molecular complexity index is 3340. The Labute approximate surface area is 404 Å². The maximum absolute atomic E-state index is 9.69. The average Bonchev–Trinajstić information content (AvgIpc) is 3.42. The standard InChI is InChI=1S/C64H47N5/c1-44-12-31-64(69-43-44)55-29-30-60(61(40-55)52-27-25-51(26-28-52)56-38-49(41-65)35-50(39-56)42-66)59-9-3-2-8-58(59)57-36-47(15-13-45-17-21-53(22-18-45)62-10-4-6-32-67-62)34-48(37-57)16-14-46-19-23-54(24-20-46)63-11-5-7-33-68-63/h2-12,17-40,43H,13-16H2,1H3. The van der Waals surface area contributed by atoms with Gasteiger partial charge < -0.3 is 0 Å². The van der Waals surface area contributed by atoms with Gasteiger partial charge in [0.05, 0.1) is 40.3 Å². The molecule has 10 aromatic rings. The van der Waals surface area contributed by atoms with Gasteiger partial charge in [-0.15, -0.1) is 0 Å². The maximum atomic E-state index is 9.69. The minimum Gasteiger partial charge on any atom is -0.256 e. The highest BCUT2D eigenvalue weighted by Gasteiger charge is 2.17. The van der Waals surface area contributed by atoms with E-state index in [2.05, 4.69) is 175 Å². The molecule has 0 amide bonds. The summed E-state index contributed by atoms with van der Waals surface area (Å²) in [5, 5.41) is 19.4. The first-order chi connectivity index (χ1) is 34.0. The number of pyridine rings is 3. The van der Waals surface area contributed by atoms with Gasteiger partial charge in [-0.3, -0.25) is 15.0 Å². The fraction of sp³-hybridized carbons (Fsp3) is 0.0781. The number of rotatable bonds is 13. The van der Waals surface area contributed by atoms with Crippen LogP contribution < -0.4 is 0 Å². The Morgan fingerprint density at radius 2 is 0.826 bits per heavy atom. The van der Waals surface area contributed by atoms with E-state index in [1.165, 1.54) is 27.8 Å². The van der Waals surface area contributed by atoms with Crippen LogP contribution in [-0.4, -0.2) is 15.0 Å². The van der Waals surface area contributed by atoms with Gasteiger partial charge in [0.2, 0.25) is 0 Å². The molecule has 0 fully saturated rings. The molecule has 0 atom stereocenters. The summed E-state index contributed by atoms with van der Waals surface area (Å²) >= 11 is 0. The van der Waals surface area contributed by atoms with Crippen molar-refractivity contribution in [3.63, 3.8) is 0 Å². The summed E-state index contributed by atoms with van der Waals surface area (Å²) in [6.45, 7) is 2.05. The van der Waals surface area contributed by atoms with Gasteiger partial charge in [-0.25, -0.2) is 0 Å². The van der Waals surface area contributed by atoms with E-state index in [9.17, 15) is 10.5 Å².